The quantitative estimate of drug-likeness (QED) is 0.0674. The van der Waals surface area contributed by atoms with Gasteiger partial charge in [0.2, 0.25) is 0 Å². The molecule has 29 nitrogen and oxygen atoms in total. The Balaban J connectivity index is 0.773. The highest BCUT2D eigenvalue weighted by molar-refractivity contribution is 7.69. The van der Waals surface area contributed by atoms with Crippen LogP contribution in [-0.4, -0.2) is 121 Å². The molecule has 2 aromatic carbocycles. The summed E-state index contributed by atoms with van der Waals surface area (Å²) < 4.78 is 114. The average molecular weight is 1040 g/mol. The SMILES string of the molecule is Nc1ncnc2c1ncn2[C@@H]1O[C@H](COP(=O)(O)OP(=O)(O)OP(=O)(O)OP(=O)(O)OC[C@H]2O[C@@H](n3cnc4c(N)ncnc43)[C@@H]3OC(Cc4ccccc4)O[C@@H]32)[C@H]2OC(Cc3ccccc3)O[C@H]21. The van der Waals surface area contributed by atoms with Crippen molar-refractivity contribution in [3.8, 4) is 0 Å². The van der Waals surface area contributed by atoms with Gasteiger partial charge in [0.1, 0.15) is 60.3 Å². The highest BCUT2D eigenvalue weighted by Crippen LogP contribution is 2.71. The van der Waals surface area contributed by atoms with Gasteiger partial charge in [-0.1, -0.05) is 60.7 Å². The molecule has 0 saturated carbocycles. The number of rotatable bonds is 18. The molecule has 10 rings (SSSR count). The van der Waals surface area contributed by atoms with E-state index < -0.39 is 106 Å². The van der Waals surface area contributed by atoms with Crippen LogP contribution in [0.4, 0.5) is 11.6 Å². The van der Waals surface area contributed by atoms with Crippen LogP contribution < -0.4 is 11.5 Å². The Hall–Kier alpha value is -4.54. The van der Waals surface area contributed by atoms with Gasteiger partial charge in [0.15, 0.2) is 48.0 Å². The first-order valence-electron chi connectivity index (χ1n) is 20.5. The maximum Gasteiger partial charge on any atom is 0.490 e. The molecule has 4 saturated heterocycles. The molecule has 8 N–H and O–H groups in total. The molecular weight excluding hydrogens is 1000 g/mol. The molecule has 33 heteroatoms. The fourth-order valence-corrected chi connectivity index (χ4v) is 13.2. The summed E-state index contributed by atoms with van der Waals surface area (Å²) in [5.41, 5.74) is 14.7. The predicted molar refractivity (Wildman–Crippen MR) is 229 cm³/mol. The van der Waals surface area contributed by atoms with Gasteiger partial charge in [-0.05, 0) is 11.1 Å². The predicted octanol–water partition coefficient (Wildman–Crippen LogP) is 2.82. The van der Waals surface area contributed by atoms with Crippen LogP contribution in [0.5, 0.6) is 0 Å². The largest absolute Gasteiger partial charge is 0.490 e. The topological polar surface area (TPSA) is 390 Å². The number of benzene rings is 2. The van der Waals surface area contributed by atoms with Crippen LogP contribution in [0.2, 0.25) is 0 Å². The lowest BCUT2D eigenvalue weighted by Gasteiger charge is -2.23. The van der Waals surface area contributed by atoms with Crippen LogP contribution in [0.15, 0.2) is 86.0 Å². The molecule has 14 atom stereocenters. The van der Waals surface area contributed by atoms with Gasteiger partial charge in [0.05, 0.1) is 25.9 Å². The second-order valence-electron chi connectivity index (χ2n) is 15.6. The Morgan fingerprint density at radius 1 is 0.507 bits per heavy atom. The third-order valence-electron chi connectivity index (χ3n) is 11.0. The number of ether oxygens (including phenoxy) is 6. The highest BCUT2D eigenvalue weighted by Gasteiger charge is 2.56. The van der Waals surface area contributed by atoms with Crippen LogP contribution >= 0.6 is 31.3 Å². The lowest BCUT2D eigenvalue weighted by atomic mass is 10.1. The van der Waals surface area contributed by atoms with E-state index in [1.165, 1.54) is 34.4 Å². The van der Waals surface area contributed by atoms with E-state index >= 15 is 0 Å². The molecule has 4 aliphatic heterocycles. The van der Waals surface area contributed by atoms with Crippen molar-refractivity contribution in [3.63, 3.8) is 0 Å². The molecular formula is C36H40N10O19P4. The minimum absolute atomic E-state index is 0.0803. The first kappa shape index (κ1) is 48.1. The standard InChI is InChI=1S/C36H40N10O19P4/c37-31-25-33(41-15-39-31)45(17-43-25)35-29-27(59-23(61-29)11-19-7-3-1-4-8-19)21(57-35)13-55-66(47,48)63-68(51,52)65-69(53,54)64-67(49,50)56-14-22-28-30(62-24(60-28)12-20-9-5-2-6-10-20)36(58-22)46-18-44-26-32(38)40-16-42-34(26)46/h1-10,15-18,21-24,27-30,35-36H,11-14H2,(H,47,48)(H,49,50)(H,51,52)(H,53,54)(H2,37,39,41)(H2,38,40,42)/t21-,22-,23?,24?,27-,28-,29-,30-,35-,36-/m1/s1. The van der Waals surface area contributed by atoms with E-state index in [2.05, 4.69) is 42.8 Å². The van der Waals surface area contributed by atoms with Crippen LogP contribution in [0.25, 0.3) is 22.3 Å². The van der Waals surface area contributed by atoms with Gasteiger partial charge in [-0.3, -0.25) is 18.2 Å². The second-order valence-corrected chi connectivity index (χ2v) is 21.9. The summed E-state index contributed by atoms with van der Waals surface area (Å²) in [5, 5.41) is 0. The molecule has 368 valence electrons. The molecule has 0 amide bonds. The Labute approximate surface area is 388 Å². The number of anilines is 2. The summed E-state index contributed by atoms with van der Waals surface area (Å²) in [5.74, 6) is 0.161. The maximum atomic E-state index is 13.1. The summed E-state index contributed by atoms with van der Waals surface area (Å²) in [6.45, 7) is -1.73. The third kappa shape index (κ3) is 10.4. The molecule has 8 heterocycles. The molecule has 69 heavy (non-hydrogen) atoms. The lowest BCUT2D eigenvalue weighted by Crippen LogP contribution is -2.31. The Kier molecular flexibility index (Phi) is 13.2. The molecule has 6 aromatic rings. The summed E-state index contributed by atoms with van der Waals surface area (Å²) in [7, 11) is -23.8. The lowest BCUT2D eigenvalue weighted by molar-refractivity contribution is -0.149. The van der Waals surface area contributed by atoms with Gasteiger partial charge >= 0.3 is 31.3 Å². The summed E-state index contributed by atoms with van der Waals surface area (Å²) in [4.78, 5) is 66.5. The van der Waals surface area contributed by atoms with Gasteiger partial charge in [0, 0.05) is 12.8 Å². The number of hydrogen-bond donors (Lipinski definition) is 6. The number of phosphoric acid groups is 4. The van der Waals surface area contributed by atoms with Gasteiger partial charge < -0.3 is 59.5 Å². The zero-order valence-corrected chi connectivity index (χ0v) is 38.7. The van der Waals surface area contributed by atoms with Crippen LogP contribution in [0.3, 0.4) is 0 Å². The molecule has 4 fully saturated rings. The van der Waals surface area contributed by atoms with E-state index in [-0.39, 0.29) is 34.0 Å². The number of phosphoric ester groups is 2. The van der Waals surface area contributed by atoms with Crippen molar-refractivity contribution in [1.82, 2.24) is 39.0 Å². The van der Waals surface area contributed by atoms with E-state index in [1.54, 1.807) is 0 Å². The van der Waals surface area contributed by atoms with E-state index in [1.807, 2.05) is 60.7 Å². The van der Waals surface area contributed by atoms with Crippen LogP contribution in [-0.2, 0) is 81.5 Å². The normalized spacial score (nSPS) is 30.1. The van der Waals surface area contributed by atoms with Crippen LogP contribution in [0.1, 0.15) is 23.6 Å². The highest BCUT2D eigenvalue weighted by atomic mass is 31.3. The molecule has 4 aromatic heterocycles. The molecule has 6 unspecified atom stereocenters. The van der Waals surface area contributed by atoms with Gasteiger partial charge in [-0.25, -0.2) is 48.2 Å². The number of nitrogens with zero attached hydrogens (tertiary/aromatic N) is 8. The molecule has 0 bridgehead atoms. The van der Waals surface area contributed by atoms with Crippen LogP contribution in [0, 0.1) is 0 Å². The monoisotopic (exact) mass is 1040 g/mol. The minimum Gasteiger partial charge on any atom is -0.382 e. The Morgan fingerprint density at radius 3 is 1.29 bits per heavy atom. The van der Waals surface area contributed by atoms with E-state index in [0.29, 0.717) is 12.8 Å². The van der Waals surface area contributed by atoms with Crippen molar-refractivity contribution in [1.29, 1.82) is 0 Å². The fraction of sp³-hybridized carbons (Fsp3) is 0.389. The number of nitrogens with two attached hydrogens (primary N) is 2. The number of nitrogen functional groups attached to an aromatic ring is 2. The number of hydrogen-bond acceptors (Lipinski definition) is 23. The van der Waals surface area contributed by atoms with Gasteiger partial charge in [-0.15, -0.1) is 0 Å². The fourth-order valence-electron chi connectivity index (χ4n) is 8.24. The molecule has 4 aliphatic rings. The number of imidazole rings is 2. The van der Waals surface area contributed by atoms with E-state index in [0.717, 1.165) is 11.1 Å². The van der Waals surface area contributed by atoms with E-state index in [4.69, 9.17) is 48.9 Å². The molecule has 0 aliphatic carbocycles. The Bertz CT molecular complexity index is 2830. The smallest absolute Gasteiger partial charge is 0.382 e. The zero-order chi connectivity index (χ0) is 48.3. The maximum absolute atomic E-state index is 13.1. The first-order valence-corrected chi connectivity index (χ1v) is 26.5. The second kappa shape index (κ2) is 18.9. The Morgan fingerprint density at radius 2 is 0.884 bits per heavy atom. The summed E-state index contributed by atoms with van der Waals surface area (Å²) in [6.07, 6.45) is -4.23. The molecule has 0 radical (unpaired) electrons. The number of fused-ring (bicyclic) bond motifs is 4. The minimum atomic E-state index is -6.18. The molecule has 0 spiro atoms. The van der Waals surface area contributed by atoms with Gasteiger partial charge in [0.25, 0.3) is 0 Å². The van der Waals surface area contributed by atoms with Crippen molar-refractivity contribution in [2.75, 3.05) is 24.7 Å². The zero-order valence-electron chi connectivity index (χ0n) is 35.1. The van der Waals surface area contributed by atoms with Crippen molar-refractivity contribution in [2.45, 2.75) is 74.5 Å². The summed E-state index contributed by atoms with van der Waals surface area (Å²) in [6, 6.07) is 18.4. The van der Waals surface area contributed by atoms with Crippen molar-refractivity contribution >= 4 is 65.3 Å². The first-order chi connectivity index (χ1) is 32.9. The van der Waals surface area contributed by atoms with Gasteiger partial charge in [-0.2, -0.15) is 12.9 Å². The third-order valence-corrected chi connectivity index (χ3v) is 16.9. The van der Waals surface area contributed by atoms with Crippen molar-refractivity contribution < 1.29 is 88.2 Å². The van der Waals surface area contributed by atoms with E-state index in [9.17, 15) is 37.8 Å². The van der Waals surface area contributed by atoms with Crippen molar-refractivity contribution in [2.24, 2.45) is 0 Å². The summed E-state index contributed by atoms with van der Waals surface area (Å²) >= 11 is 0. The average Bonchev–Trinajstić information content (AvgIpc) is 4.14. The number of aromatic nitrogens is 8. The van der Waals surface area contributed by atoms with Crippen molar-refractivity contribution in [3.05, 3.63) is 97.1 Å².